The summed E-state index contributed by atoms with van der Waals surface area (Å²) in [5.41, 5.74) is 8.10. The van der Waals surface area contributed by atoms with E-state index >= 15 is 0 Å². The Hall–Kier alpha value is -3.78. The Bertz CT molecular complexity index is 1330. The molecule has 0 aliphatic heterocycles. The van der Waals surface area contributed by atoms with Crippen LogP contribution in [0.3, 0.4) is 0 Å². The van der Waals surface area contributed by atoms with Crippen LogP contribution in [0.5, 0.6) is 11.5 Å². The van der Waals surface area contributed by atoms with Crippen LogP contribution in [0.2, 0.25) is 0 Å². The van der Waals surface area contributed by atoms with Crippen LogP contribution in [-0.4, -0.2) is 30.6 Å². The van der Waals surface area contributed by atoms with Crippen molar-refractivity contribution in [3.8, 4) is 11.5 Å². The Balaban J connectivity index is 1.80. The number of nitrogens with one attached hydrogen (secondary N) is 1. The number of carbonyl (C=O) groups excluding carboxylic acids is 2. The number of amides is 1. The first kappa shape index (κ1) is 21.5. The van der Waals surface area contributed by atoms with Gasteiger partial charge in [-0.15, -0.1) is 0 Å². The second-order valence-corrected chi connectivity index (χ2v) is 7.86. The fourth-order valence-corrected chi connectivity index (χ4v) is 3.81. The van der Waals surface area contributed by atoms with Gasteiger partial charge in [0, 0.05) is 21.1 Å². The summed E-state index contributed by atoms with van der Waals surface area (Å²) in [6.07, 6.45) is 0. The second kappa shape index (κ2) is 8.76. The van der Waals surface area contributed by atoms with Crippen molar-refractivity contribution in [3.63, 3.8) is 0 Å². The van der Waals surface area contributed by atoms with E-state index in [0.29, 0.717) is 33.7 Å². The summed E-state index contributed by atoms with van der Waals surface area (Å²) in [5.74, 6) is 0.188. The third kappa shape index (κ3) is 3.80. The molecule has 3 aromatic carbocycles. The van der Waals surface area contributed by atoms with Crippen molar-refractivity contribution in [2.75, 3.05) is 25.3 Å². The average molecular weight is 494 g/mol. The van der Waals surface area contributed by atoms with Gasteiger partial charge in [0.1, 0.15) is 5.82 Å². The van der Waals surface area contributed by atoms with Crippen molar-refractivity contribution in [1.29, 1.82) is 0 Å². The first-order valence-corrected chi connectivity index (χ1v) is 10.5. The largest absolute Gasteiger partial charge is 0.493 e. The molecule has 0 fully saturated rings. The molecule has 0 aliphatic rings. The molecule has 4 rings (SSSR count). The van der Waals surface area contributed by atoms with E-state index in [-0.39, 0.29) is 17.3 Å². The van der Waals surface area contributed by atoms with Crippen molar-refractivity contribution >= 4 is 50.2 Å². The Morgan fingerprint density at radius 2 is 1.62 bits per heavy atom. The number of nitrogen functional groups attached to an aromatic ring is 1. The number of hydrogen-bond acceptors (Lipinski definition) is 5. The van der Waals surface area contributed by atoms with Gasteiger partial charge in [0.05, 0.1) is 25.3 Å². The lowest BCUT2D eigenvalue weighted by atomic mass is 10.1. The smallest absolute Gasteiger partial charge is 0.264 e. The molecule has 0 unspecified atom stereocenters. The van der Waals surface area contributed by atoms with Crippen LogP contribution >= 0.6 is 15.9 Å². The number of carbonyl (C=O) groups is 2. The van der Waals surface area contributed by atoms with Crippen LogP contribution in [0.4, 0.5) is 11.5 Å². The van der Waals surface area contributed by atoms with Gasteiger partial charge in [-0.05, 0) is 48.5 Å². The summed E-state index contributed by atoms with van der Waals surface area (Å²) in [7, 11) is 3.02. The summed E-state index contributed by atoms with van der Waals surface area (Å²) >= 11 is 3.37. The number of anilines is 2. The number of nitrogens with zero attached hydrogens (tertiary/aromatic N) is 1. The molecule has 0 spiro atoms. The van der Waals surface area contributed by atoms with Gasteiger partial charge in [-0.25, -0.2) is 0 Å². The van der Waals surface area contributed by atoms with Gasteiger partial charge in [-0.3, -0.25) is 14.2 Å². The van der Waals surface area contributed by atoms with E-state index in [2.05, 4.69) is 21.2 Å². The van der Waals surface area contributed by atoms with Crippen LogP contribution < -0.4 is 20.5 Å². The van der Waals surface area contributed by atoms with Crippen molar-refractivity contribution in [2.24, 2.45) is 0 Å². The zero-order chi connectivity index (χ0) is 22.8. The van der Waals surface area contributed by atoms with Crippen LogP contribution in [0, 0.1) is 0 Å². The number of para-hydroxylation sites is 1. The van der Waals surface area contributed by atoms with E-state index in [9.17, 15) is 9.59 Å². The molecule has 0 saturated carbocycles. The fourth-order valence-electron chi connectivity index (χ4n) is 3.54. The van der Waals surface area contributed by atoms with Crippen molar-refractivity contribution in [1.82, 2.24) is 4.57 Å². The maximum absolute atomic E-state index is 13.4. The van der Waals surface area contributed by atoms with E-state index < -0.39 is 5.91 Å². The number of aromatic nitrogens is 1. The Morgan fingerprint density at radius 1 is 0.938 bits per heavy atom. The van der Waals surface area contributed by atoms with Gasteiger partial charge in [-0.1, -0.05) is 34.1 Å². The zero-order valence-electron chi connectivity index (χ0n) is 17.4. The van der Waals surface area contributed by atoms with Gasteiger partial charge in [0.2, 0.25) is 0 Å². The van der Waals surface area contributed by atoms with Crippen molar-refractivity contribution in [3.05, 3.63) is 82.3 Å². The SMILES string of the molecule is COc1ccc(C(=O)n2c(N)c(C(=O)Nc3ccc(Br)cc3)c3ccccc32)cc1OC. The van der Waals surface area contributed by atoms with Gasteiger partial charge >= 0.3 is 0 Å². The second-order valence-electron chi connectivity index (χ2n) is 6.95. The zero-order valence-corrected chi connectivity index (χ0v) is 19.0. The highest BCUT2D eigenvalue weighted by Gasteiger charge is 2.25. The molecule has 8 heteroatoms. The quantitative estimate of drug-likeness (QED) is 0.410. The highest BCUT2D eigenvalue weighted by atomic mass is 79.9. The van der Waals surface area contributed by atoms with Gasteiger partial charge in [-0.2, -0.15) is 0 Å². The molecule has 32 heavy (non-hydrogen) atoms. The number of methoxy groups -OCH3 is 2. The molecule has 0 aliphatic carbocycles. The molecular formula is C24H20BrN3O4. The fraction of sp³-hybridized carbons (Fsp3) is 0.0833. The van der Waals surface area contributed by atoms with E-state index in [4.69, 9.17) is 15.2 Å². The molecule has 162 valence electrons. The number of nitrogens with two attached hydrogens (primary N) is 1. The molecule has 1 heterocycles. The topological polar surface area (TPSA) is 95.6 Å². The summed E-state index contributed by atoms with van der Waals surface area (Å²) in [5, 5.41) is 3.42. The number of rotatable bonds is 5. The lowest BCUT2D eigenvalue weighted by molar-refractivity contribution is 0.0967. The molecule has 0 saturated heterocycles. The van der Waals surface area contributed by atoms with E-state index in [1.54, 1.807) is 54.6 Å². The highest BCUT2D eigenvalue weighted by Crippen LogP contribution is 2.32. The Kier molecular flexibility index (Phi) is 5.87. The lowest BCUT2D eigenvalue weighted by Crippen LogP contribution is -2.18. The molecule has 0 atom stereocenters. The molecule has 1 aromatic heterocycles. The molecule has 0 bridgehead atoms. The van der Waals surface area contributed by atoms with Crippen molar-refractivity contribution in [2.45, 2.75) is 0 Å². The number of ether oxygens (including phenoxy) is 2. The minimum Gasteiger partial charge on any atom is -0.493 e. The number of halogens is 1. The first-order chi connectivity index (χ1) is 15.4. The summed E-state index contributed by atoms with van der Waals surface area (Å²) < 4.78 is 12.8. The molecule has 4 aromatic rings. The summed E-state index contributed by atoms with van der Waals surface area (Å²) in [4.78, 5) is 26.6. The van der Waals surface area contributed by atoms with E-state index in [1.807, 2.05) is 12.1 Å². The number of fused-ring (bicyclic) bond motifs is 1. The van der Waals surface area contributed by atoms with E-state index in [0.717, 1.165) is 4.47 Å². The predicted molar refractivity (Wildman–Crippen MR) is 128 cm³/mol. The van der Waals surface area contributed by atoms with Crippen LogP contribution in [0.1, 0.15) is 20.7 Å². The van der Waals surface area contributed by atoms with Crippen LogP contribution in [0.15, 0.2) is 71.2 Å². The highest BCUT2D eigenvalue weighted by molar-refractivity contribution is 9.10. The minimum atomic E-state index is -0.403. The Morgan fingerprint density at radius 3 is 2.31 bits per heavy atom. The van der Waals surface area contributed by atoms with Crippen LogP contribution in [0.25, 0.3) is 10.9 Å². The standard InChI is InChI=1S/C24H20BrN3O4/c1-31-19-12-7-14(13-20(19)32-2)24(30)28-18-6-4-3-5-17(18)21(22(28)26)23(29)27-16-10-8-15(25)9-11-16/h3-13H,26H2,1-2H3,(H,27,29). The van der Waals surface area contributed by atoms with Crippen LogP contribution in [-0.2, 0) is 0 Å². The van der Waals surface area contributed by atoms with Gasteiger partial charge < -0.3 is 20.5 Å². The third-order valence-corrected chi connectivity index (χ3v) is 5.60. The van der Waals surface area contributed by atoms with E-state index in [1.165, 1.54) is 18.8 Å². The first-order valence-electron chi connectivity index (χ1n) is 9.67. The summed E-state index contributed by atoms with van der Waals surface area (Å²) in [6, 6.07) is 19.1. The number of benzene rings is 3. The third-order valence-electron chi connectivity index (χ3n) is 5.07. The monoisotopic (exact) mass is 493 g/mol. The molecule has 3 N–H and O–H groups in total. The molecular weight excluding hydrogens is 474 g/mol. The Labute approximate surface area is 192 Å². The summed E-state index contributed by atoms with van der Waals surface area (Å²) in [6.45, 7) is 0. The van der Waals surface area contributed by atoms with Gasteiger partial charge in [0.15, 0.2) is 11.5 Å². The average Bonchev–Trinajstić information content (AvgIpc) is 3.11. The molecule has 0 radical (unpaired) electrons. The molecule has 1 amide bonds. The predicted octanol–water partition coefficient (Wildman–Crippen LogP) is 4.94. The van der Waals surface area contributed by atoms with Crippen molar-refractivity contribution < 1.29 is 19.1 Å². The number of hydrogen-bond donors (Lipinski definition) is 2. The lowest BCUT2D eigenvalue weighted by Gasteiger charge is -2.11. The minimum absolute atomic E-state index is 0.0561. The maximum Gasteiger partial charge on any atom is 0.264 e. The van der Waals surface area contributed by atoms with Gasteiger partial charge in [0.25, 0.3) is 11.8 Å². The maximum atomic E-state index is 13.4. The molecule has 7 nitrogen and oxygen atoms in total. The normalized spacial score (nSPS) is 10.7.